The maximum atomic E-state index is 11.1. The van der Waals surface area contributed by atoms with E-state index in [0.29, 0.717) is 30.7 Å². The van der Waals surface area contributed by atoms with Crippen molar-refractivity contribution >= 4 is 23.9 Å². The molecule has 10 heteroatoms. The van der Waals surface area contributed by atoms with Crippen molar-refractivity contribution in [1.82, 2.24) is 26.6 Å². The number of carbonyl (C=O) groups excluding carboxylic acids is 4. The molecule has 0 spiro atoms. The fraction of sp³-hybridized carbons (Fsp3) is 0.879. The topological polar surface area (TPSA) is 138 Å². The molecule has 10 nitrogen and oxygen atoms in total. The maximum Gasteiger partial charge on any atom is 0.407 e. The van der Waals surface area contributed by atoms with E-state index in [0.717, 1.165) is 13.1 Å². The van der Waals surface area contributed by atoms with Crippen LogP contribution < -0.4 is 26.6 Å². The first-order valence-corrected chi connectivity index (χ1v) is 15.9. The lowest BCUT2D eigenvalue weighted by atomic mass is 9.97. The zero-order chi connectivity index (χ0) is 34.9. The van der Waals surface area contributed by atoms with Gasteiger partial charge in [-0.05, 0) is 64.7 Å². The quantitative estimate of drug-likeness (QED) is 0.180. The minimum Gasteiger partial charge on any atom is -0.447 e. The lowest BCUT2D eigenvalue weighted by Crippen LogP contribution is -2.40. The second kappa shape index (κ2) is 27.1. The molecule has 43 heavy (non-hydrogen) atoms. The molecule has 0 fully saturated rings. The normalized spacial score (nSPS) is 10.8. The van der Waals surface area contributed by atoms with E-state index in [-0.39, 0.29) is 53.5 Å². The molecule has 0 radical (unpaired) electrons. The van der Waals surface area contributed by atoms with Crippen LogP contribution in [0.2, 0.25) is 0 Å². The molecule has 0 aromatic carbocycles. The van der Waals surface area contributed by atoms with Crippen molar-refractivity contribution in [1.29, 1.82) is 0 Å². The number of rotatable bonds is 11. The molecule has 0 unspecified atom stereocenters. The van der Waals surface area contributed by atoms with Gasteiger partial charge in [-0.2, -0.15) is 0 Å². The third-order valence-electron chi connectivity index (χ3n) is 4.45. The van der Waals surface area contributed by atoms with Gasteiger partial charge < -0.3 is 31.3 Å². The number of ether oxygens (including phenoxy) is 1. The van der Waals surface area contributed by atoms with E-state index >= 15 is 0 Å². The van der Waals surface area contributed by atoms with E-state index < -0.39 is 0 Å². The zero-order valence-corrected chi connectivity index (χ0v) is 30.9. The summed E-state index contributed by atoms with van der Waals surface area (Å²) in [5, 5.41) is 13.9. The Hall–Kier alpha value is -2.52. The second-order valence-electron chi connectivity index (χ2n) is 14.4. The van der Waals surface area contributed by atoms with Crippen LogP contribution in [0.5, 0.6) is 0 Å². The van der Waals surface area contributed by atoms with Gasteiger partial charge in [0.15, 0.2) is 0 Å². The van der Waals surface area contributed by atoms with E-state index in [1.807, 2.05) is 83.1 Å². The van der Waals surface area contributed by atoms with E-state index in [1.54, 1.807) is 0 Å². The molecule has 0 aromatic heterocycles. The molecule has 0 aliphatic carbocycles. The highest BCUT2D eigenvalue weighted by Crippen LogP contribution is 2.10. The summed E-state index contributed by atoms with van der Waals surface area (Å²) in [6.07, 6.45) is 0.272. The molecule has 5 amide bonds. The largest absolute Gasteiger partial charge is 0.447 e. The Morgan fingerprint density at radius 1 is 0.605 bits per heavy atom. The molecule has 0 aliphatic heterocycles. The summed E-state index contributed by atoms with van der Waals surface area (Å²) in [5.41, 5.74) is 0.185. The third kappa shape index (κ3) is 49.5. The van der Waals surface area contributed by atoms with Gasteiger partial charge in [0.1, 0.15) is 0 Å². The molecular weight excluding hydrogens is 546 g/mol. The molecule has 0 aromatic rings. The van der Waals surface area contributed by atoms with Crippen molar-refractivity contribution in [2.24, 2.45) is 29.1 Å². The molecule has 258 valence electrons. The number of nitrogens with one attached hydrogen (secondary N) is 5. The van der Waals surface area contributed by atoms with Gasteiger partial charge >= 0.3 is 12.1 Å². The van der Waals surface area contributed by atoms with Crippen molar-refractivity contribution in [3.05, 3.63) is 0 Å². The number of carbonyl (C=O) groups is 4. The summed E-state index contributed by atoms with van der Waals surface area (Å²) in [5.74, 6) is 1.82. The molecule has 0 saturated carbocycles. The predicted molar refractivity (Wildman–Crippen MR) is 181 cm³/mol. The average Bonchev–Trinajstić information content (AvgIpc) is 2.78. The highest BCUT2D eigenvalue weighted by molar-refractivity contribution is 5.77. The number of alkyl carbamates (subject to hydrolysis) is 1. The van der Waals surface area contributed by atoms with Gasteiger partial charge in [0.05, 0.1) is 6.10 Å². The number of urea groups is 1. The van der Waals surface area contributed by atoms with Crippen LogP contribution in [0.4, 0.5) is 9.59 Å². The summed E-state index contributed by atoms with van der Waals surface area (Å²) in [6.45, 7) is 36.0. The zero-order valence-electron chi connectivity index (χ0n) is 30.9. The van der Waals surface area contributed by atoms with Crippen molar-refractivity contribution in [2.45, 2.75) is 142 Å². The van der Waals surface area contributed by atoms with Gasteiger partial charge in [0.2, 0.25) is 11.8 Å². The Morgan fingerprint density at radius 3 is 1.37 bits per heavy atom. The van der Waals surface area contributed by atoms with Gasteiger partial charge in [-0.1, -0.05) is 76.2 Å². The molecule has 0 rings (SSSR count). The van der Waals surface area contributed by atoms with E-state index in [4.69, 9.17) is 4.74 Å². The van der Waals surface area contributed by atoms with Gasteiger partial charge in [0, 0.05) is 44.1 Å². The second-order valence-corrected chi connectivity index (χ2v) is 14.4. The number of hydrogen-bond donors (Lipinski definition) is 5. The Bertz CT molecular complexity index is 686. The Labute approximate surface area is 265 Å². The molecule has 5 N–H and O–H groups in total. The summed E-state index contributed by atoms with van der Waals surface area (Å²) in [6, 6.07) is 0.405. The average molecular weight is 618 g/mol. The summed E-state index contributed by atoms with van der Waals surface area (Å²) < 4.78 is 4.85. The van der Waals surface area contributed by atoms with Gasteiger partial charge in [-0.15, -0.1) is 0 Å². The van der Waals surface area contributed by atoms with Crippen LogP contribution in [0.25, 0.3) is 0 Å². The predicted octanol–water partition coefficient (Wildman–Crippen LogP) is 6.49. The van der Waals surface area contributed by atoms with Crippen LogP contribution in [-0.2, 0) is 14.3 Å². The fourth-order valence-corrected chi connectivity index (χ4v) is 2.46. The van der Waals surface area contributed by atoms with Crippen LogP contribution in [-0.4, -0.2) is 61.8 Å². The van der Waals surface area contributed by atoms with E-state index in [9.17, 15) is 19.2 Å². The Balaban J connectivity index is -0.000000236. The first-order valence-electron chi connectivity index (χ1n) is 15.9. The standard InChI is InChI=1S/C9H19NO.C8H18N2O.C8H17NO2.C8H17NO/c1-7(2)8(11)10-6-9(3,4)5;1-6(2)5-9-8(11)10-7(3)4;1-6(2)5-9-8(10)11-7(3)4;1-6(2)5-8(10)9-7(3)4/h7H,6H2,1-5H3,(H,10,11);6-7H,5H2,1-4H3,(H2,9,10,11);6-7H,5H2,1-4H3,(H,9,10);6-7H,5H2,1-4H3,(H,9,10). The Morgan fingerprint density at radius 2 is 1.05 bits per heavy atom. The minimum absolute atomic E-state index is 0.0397. The van der Waals surface area contributed by atoms with E-state index in [1.165, 1.54) is 0 Å². The highest BCUT2D eigenvalue weighted by atomic mass is 16.6. The summed E-state index contributed by atoms with van der Waals surface area (Å²) >= 11 is 0. The van der Waals surface area contributed by atoms with Crippen LogP contribution >= 0.6 is 0 Å². The van der Waals surface area contributed by atoms with Gasteiger partial charge in [-0.3, -0.25) is 9.59 Å². The van der Waals surface area contributed by atoms with Crippen LogP contribution in [0.15, 0.2) is 0 Å². The van der Waals surface area contributed by atoms with Crippen LogP contribution in [0.1, 0.15) is 124 Å². The SMILES string of the molecule is CC(C)C(=O)NCC(C)(C)C.CC(C)CC(=O)NC(C)C.CC(C)CNC(=O)NC(C)C.CC(C)CNC(=O)OC(C)C. The molecule has 0 atom stereocenters. The minimum atomic E-state index is -0.325. The van der Waals surface area contributed by atoms with Crippen molar-refractivity contribution in [3.8, 4) is 0 Å². The smallest absolute Gasteiger partial charge is 0.407 e. The lowest BCUT2D eigenvalue weighted by molar-refractivity contribution is -0.124. The van der Waals surface area contributed by atoms with Crippen molar-refractivity contribution < 1.29 is 23.9 Å². The van der Waals surface area contributed by atoms with Gasteiger partial charge in [0.25, 0.3) is 0 Å². The first kappa shape index (κ1) is 47.4. The van der Waals surface area contributed by atoms with Crippen LogP contribution in [0, 0.1) is 29.1 Å². The monoisotopic (exact) mass is 618 g/mol. The molecule has 0 saturated heterocycles. The Kier molecular flexibility index (Phi) is 29.8. The maximum absolute atomic E-state index is 11.1. The summed E-state index contributed by atoms with van der Waals surface area (Å²) in [4.78, 5) is 43.8. The lowest BCUT2D eigenvalue weighted by Gasteiger charge is -2.19. The fourth-order valence-electron chi connectivity index (χ4n) is 2.46. The molecule has 0 bridgehead atoms. The van der Waals surface area contributed by atoms with Gasteiger partial charge in [-0.25, -0.2) is 9.59 Å². The molecular formula is C33H71N5O5. The number of hydrogen-bond acceptors (Lipinski definition) is 5. The van der Waals surface area contributed by atoms with Crippen molar-refractivity contribution in [2.75, 3.05) is 19.6 Å². The van der Waals surface area contributed by atoms with Crippen molar-refractivity contribution in [3.63, 3.8) is 0 Å². The van der Waals surface area contributed by atoms with Crippen LogP contribution in [0.3, 0.4) is 0 Å². The molecule has 0 aliphatic rings. The van der Waals surface area contributed by atoms with E-state index in [2.05, 4.69) is 61.2 Å². The number of amides is 5. The first-order chi connectivity index (χ1) is 19.4. The third-order valence-corrected chi connectivity index (χ3v) is 4.45. The summed E-state index contributed by atoms with van der Waals surface area (Å²) in [7, 11) is 0. The molecule has 0 heterocycles. The highest BCUT2D eigenvalue weighted by Gasteiger charge is 2.13.